The molecule has 0 aliphatic carbocycles. The predicted molar refractivity (Wildman–Crippen MR) is 166 cm³/mol. The van der Waals surface area contributed by atoms with Crippen LogP contribution in [0.4, 0.5) is 5.13 Å². The molecule has 0 fully saturated rings. The number of carbonyl (C=O) groups excluding carboxylic acids is 2. The number of anilines is 1. The van der Waals surface area contributed by atoms with Crippen molar-refractivity contribution in [2.45, 2.75) is 42.3 Å². The van der Waals surface area contributed by atoms with Gasteiger partial charge >= 0.3 is 0 Å². The molecule has 1 amide bonds. The van der Waals surface area contributed by atoms with E-state index in [2.05, 4.69) is 31.0 Å². The number of carbonyl (C=O) groups is 2. The second-order valence-electron chi connectivity index (χ2n) is 10.6. The Labute approximate surface area is 252 Å². The van der Waals surface area contributed by atoms with E-state index in [9.17, 15) is 14.7 Å². The maximum Gasteiger partial charge on any atom is 0.296 e. The lowest BCUT2D eigenvalue weighted by atomic mass is 9.85. The Kier molecular flexibility index (Phi) is 8.45. The fraction of sp³-hybridized carbons (Fsp3) is 0.188. The van der Waals surface area contributed by atoms with E-state index in [0.29, 0.717) is 25.8 Å². The SMILES string of the molecule is CC(C)(C)c1ccc(C2C(C(=O)C=Cc3ccccc3)=C(O)C(=O)N2c2nnc(SCc3ccc(Cl)cc3)s2)cc1. The number of aliphatic hydroxyl groups is 1. The molecule has 1 aliphatic heterocycles. The van der Waals surface area contributed by atoms with Crippen molar-refractivity contribution in [3.8, 4) is 0 Å². The number of benzene rings is 3. The Morgan fingerprint density at radius 1 is 1.02 bits per heavy atom. The first-order valence-corrected chi connectivity index (χ1v) is 15.1. The maximum atomic E-state index is 13.5. The van der Waals surface area contributed by atoms with Crippen molar-refractivity contribution in [2.75, 3.05) is 4.90 Å². The number of ketones is 1. The van der Waals surface area contributed by atoms with Crippen LogP contribution in [0.25, 0.3) is 6.08 Å². The van der Waals surface area contributed by atoms with Crippen molar-refractivity contribution < 1.29 is 14.7 Å². The summed E-state index contributed by atoms with van der Waals surface area (Å²) < 4.78 is 0.660. The van der Waals surface area contributed by atoms with Gasteiger partial charge < -0.3 is 5.11 Å². The van der Waals surface area contributed by atoms with E-state index < -0.39 is 23.5 Å². The lowest BCUT2D eigenvalue weighted by Gasteiger charge is -2.25. The number of thioether (sulfide) groups is 1. The summed E-state index contributed by atoms with van der Waals surface area (Å²) in [5.74, 6) is -1.07. The van der Waals surface area contributed by atoms with Crippen LogP contribution in [0, 0.1) is 0 Å². The van der Waals surface area contributed by atoms with E-state index in [-0.39, 0.29) is 11.0 Å². The molecular formula is C32H28ClN3O3S2. The molecule has 1 aliphatic rings. The molecule has 0 spiro atoms. The molecule has 3 aromatic carbocycles. The average molecular weight is 602 g/mol. The van der Waals surface area contributed by atoms with E-state index in [1.165, 1.54) is 34.1 Å². The van der Waals surface area contributed by atoms with Gasteiger partial charge in [-0.3, -0.25) is 14.5 Å². The van der Waals surface area contributed by atoms with Gasteiger partial charge in [0.15, 0.2) is 15.9 Å². The second kappa shape index (κ2) is 12.0. The zero-order chi connectivity index (χ0) is 29.1. The predicted octanol–water partition coefficient (Wildman–Crippen LogP) is 7.96. The molecule has 6 nitrogen and oxygen atoms in total. The summed E-state index contributed by atoms with van der Waals surface area (Å²) in [4.78, 5) is 28.4. The molecule has 1 aromatic heterocycles. The Balaban J connectivity index is 1.48. The minimum atomic E-state index is -0.855. The van der Waals surface area contributed by atoms with E-state index in [4.69, 9.17) is 11.6 Å². The largest absolute Gasteiger partial charge is 0.503 e. The van der Waals surface area contributed by atoms with Crippen molar-refractivity contribution in [1.82, 2.24) is 10.2 Å². The Morgan fingerprint density at radius 2 is 1.71 bits per heavy atom. The van der Waals surface area contributed by atoms with Crippen LogP contribution >= 0.6 is 34.7 Å². The normalized spacial score (nSPS) is 15.8. The van der Waals surface area contributed by atoms with Gasteiger partial charge in [-0.05, 0) is 45.9 Å². The number of hydrogen-bond acceptors (Lipinski definition) is 7. The topological polar surface area (TPSA) is 83.4 Å². The van der Waals surface area contributed by atoms with E-state index >= 15 is 0 Å². The average Bonchev–Trinajstić information content (AvgIpc) is 3.53. The van der Waals surface area contributed by atoms with Crippen LogP contribution in [0.1, 0.15) is 49.1 Å². The van der Waals surface area contributed by atoms with Gasteiger partial charge in [0, 0.05) is 10.8 Å². The van der Waals surface area contributed by atoms with Gasteiger partial charge in [0.05, 0.1) is 11.6 Å². The van der Waals surface area contributed by atoms with Crippen LogP contribution in [-0.4, -0.2) is 27.0 Å². The summed E-state index contributed by atoms with van der Waals surface area (Å²) in [5.41, 5.74) is 3.64. The zero-order valence-corrected chi connectivity index (χ0v) is 25.1. The van der Waals surface area contributed by atoms with E-state index in [1.807, 2.05) is 78.9 Å². The van der Waals surface area contributed by atoms with Crippen molar-refractivity contribution >= 4 is 57.6 Å². The molecule has 0 bridgehead atoms. The van der Waals surface area contributed by atoms with Crippen molar-refractivity contribution in [3.63, 3.8) is 0 Å². The summed E-state index contributed by atoms with van der Waals surface area (Å²) in [6, 6.07) is 23.9. The molecule has 0 saturated heterocycles. The van der Waals surface area contributed by atoms with Gasteiger partial charge in [-0.1, -0.05) is 128 Å². The molecule has 0 saturated carbocycles. The van der Waals surface area contributed by atoms with Crippen LogP contribution in [0.2, 0.25) is 5.02 Å². The summed E-state index contributed by atoms with van der Waals surface area (Å²) >= 11 is 8.72. The van der Waals surface area contributed by atoms with Gasteiger partial charge in [0.25, 0.3) is 5.91 Å². The summed E-state index contributed by atoms with van der Waals surface area (Å²) in [6.45, 7) is 6.35. The monoisotopic (exact) mass is 601 g/mol. The molecule has 1 unspecified atom stereocenters. The Hall–Kier alpha value is -3.72. The highest BCUT2D eigenvalue weighted by molar-refractivity contribution is 8.00. The minimum Gasteiger partial charge on any atom is -0.503 e. The first-order valence-electron chi connectivity index (χ1n) is 13.0. The number of amides is 1. The number of aliphatic hydroxyl groups excluding tert-OH is 1. The van der Waals surface area contributed by atoms with Gasteiger partial charge in [-0.15, -0.1) is 10.2 Å². The quantitative estimate of drug-likeness (QED) is 0.125. The first-order chi connectivity index (χ1) is 19.6. The Morgan fingerprint density at radius 3 is 2.37 bits per heavy atom. The molecule has 41 heavy (non-hydrogen) atoms. The number of halogens is 1. The molecule has 4 aromatic rings. The van der Waals surface area contributed by atoms with Crippen LogP contribution in [0.15, 0.2) is 101 Å². The molecule has 1 atom stereocenters. The highest BCUT2D eigenvalue weighted by atomic mass is 35.5. The smallest absolute Gasteiger partial charge is 0.296 e. The van der Waals surface area contributed by atoms with Crippen molar-refractivity contribution in [1.29, 1.82) is 0 Å². The maximum absolute atomic E-state index is 13.5. The zero-order valence-electron chi connectivity index (χ0n) is 22.7. The molecule has 2 heterocycles. The molecule has 208 valence electrons. The summed E-state index contributed by atoms with van der Waals surface area (Å²) in [6.07, 6.45) is 3.06. The molecular weight excluding hydrogens is 574 g/mol. The highest BCUT2D eigenvalue weighted by Gasteiger charge is 2.45. The molecule has 0 radical (unpaired) electrons. The molecule has 9 heteroatoms. The van der Waals surface area contributed by atoms with Crippen LogP contribution < -0.4 is 4.90 Å². The standard InChI is InChI=1S/C32H28ClN3O3S2/c1-32(2,3)23-14-12-22(13-15-23)27-26(25(37)18-11-20-7-5-4-6-8-20)28(38)29(39)36(27)30-34-35-31(41-30)40-19-21-9-16-24(33)17-10-21/h4-18,27,38H,19H2,1-3H3. The number of nitrogens with zero attached hydrogens (tertiary/aromatic N) is 3. The third-order valence-corrected chi connectivity index (χ3v) is 9.05. The fourth-order valence-electron chi connectivity index (χ4n) is 4.44. The van der Waals surface area contributed by atoms with E-state index in [1.54, 1.807) is 6.08 Å². The minimum absolute atomic E-state index is 0.0104. The highest BCUT2D eigenvalue weighted by Crippen LogP contribution is 2.43. The van der Waals surface area contributed by atoms with Gasteiger partial charge in [0.1, 0.15) is 0 Å². The third kappa shape index (κ3) is 6.45. The molecule has 1 N–H and O–H groups in total. The Bertz CT molecular complexity index is 1620. The van der Waals surface area contributed by atoms with Crippen molar-refractivity contribution in [2.24, 2.45) is 0 Å². The first kappa shape index (κ1) is 28.8. The third-order valence-electron chi connectivity index (χ3n) is 6.67. The van der Waals surface area contributed by atoms with Crippen LogP contribution in [0.5, 0.6) is 0 Å². The number of rotatable bonds is 8. The summed E-state index contributed by atoms with van der Waals surface area (Å²) in [7, 11) is 0. The number of hydrogen-bond donors (Lipinski definition) is 1. The lowest BCUT2D eigenvalue weighted by molar-refractivity contribution is -0.117. The lowest BCUT2D eigenvalue weighted by Crippen LogP contribution is -2.31. The summed E-state index contributed by atoms with van der Waals surface area (Å²) in [5, 5.41) is 20.6. The van der Waals surface area contributed by atoms with Gasteiger partial charge in [-0.25, -0.2) is 0 Å². The van der Waals surface area contributed by atoms with Crippen molar-refractivity contribution in [3.05, 3.63) is 124 Å². The van der Waals surface area contributed by atoms with E-state index in [0.717, 1.165) is 16.7 Å². The molecule has 5 rings (SSSR count). The number of allylic oxidation sites excluding steroid dienone is 1. The van der Waals surface area contributed by atoms with Gasteiger partial charge in [-0.2, -0.15) is 0 Å². The fourth-order valence-corrected chi connectivity index (χ4v) is 6.39. The van der Waals surface area contributed by atoms with Gasteiger partial charge in [0.2, 0.25) is 5.13 Å². The van der Waals surface area contributed by atoms with Crippen LogP contribution in [0.3, 0.4) is 0 Å². The van der Waals surface area contributed by atoms with Crippen LogP contribution in [-0.2, 0) is 20.8 Å². The second-order valence-corrected chi connectivity index (χ2v) is 13.2. The number of aromatic nitrogens is 2.